The summed E-state index contributed by atoms with van der Waals surface area (Å²) in [6.07, 6.45) is 10.6. The van der Waals surface area contributed by atoms with Gasteiger partial charge in [-0.2, -0.15) is 0 Å². The first-order chi connectivity index (χ1) is 7.29. The molecule has 2 rings (SSSR count). The van der Waals surface area contributed by atoms with Gasteiger partial charge in [-0.15, -0.1) is 0 Å². The third-order valence-corrected chi connectivity index (χ3v) is 4.65. The molecule has 2 bridgehead atoms. The Morgan fingerprint density at radius 1 is 1.27 bits per heavy atom. The zero-order chi connectivity index (χ0) is 10.7. The van der Waals surface area contributed by atoms with E-state index >= 15 is 0 Å². The van der Waals surface area contributed by atoms with Crippen molar-refractivity contribution >= 4 is 0 Å². The summed E-state index contributed by atoms with van der Waals surface area (Å²) >= 11 is 0. The lowest BCUT2D eigenvalue weighted by Crippen LogP contribution is -2.25. The van der Waals surface area contributed by atoms with E-state index in [2.05, 4.69) is 19.2 Å². The van der Waals surface area contributed by atoms with Crippen molar-refractivity contribution in [1.82, 2.24) is 5.32 Å². The first kappa shape index (κ1) is 11.4. The average molecular weight is 209 g/mol. The molecule has 1 nitrogen and oxygen atoms in total. The summed E-state index contributed by atoms with van der Waals surface area (Å²) in [6, 6.07) is 0.730. The Hall–Kier alpha value is -0.0400. The maximum Gasteiger partial charge on any atom is 0.00386 e. The van der Waals surface area contributed by atoms with Crippen molar-refractivity contribution in [1.29, 1.82) is 0 Å². The summed E-state index contributed by atoms with van der Waals surface area (Å²) in [5.41, 5.74) is 0. The van der Waals surface area contributed by atoms with Crippen LogP contribution in [0, 0.1) is 17.8 Å². The zero-order valence-electron chi connectivity index (χ0n) is 10.5. The van der Waals surface area contributed by atoms with Crippen LogP contribution < -0.4 is 5.32 Å². The highest BCUT2D eigenvalue weighted by molar-refractivity contribution is 4.89. The SMILES string of the molecule is CCNC(C)CCCC1CC2CCC1C2. The van der Waals surface area contributed by atoms with E-state index in [1.807, 2.05) is 0 Å². The van der Waals surface area contributed by atoms with Crippen molar-refractivity contribution in [3.63, 3.8) is 0 Å². The second-order valence-corrected chi connectivity index (χ2v) is 5.82. The summed E-state index contributed by atoms with van der Waals surface area (Å²) in [4.78, 5) is 0. The van der Waals surface area contributed by atoms with Gasteiger partial charge in [0.15, 0.2) is 0 Å². The van der Waals surface area contributed by atoms with Crippen molar-refractivity contribution in [3.05, 3.63) is 0 Å². The molecule has 4 atom stereocenters. The van der Waals surface area contributed by atoms with E-state index in [-0.39, 0.29) is 0 Å². The number of nitrogens with one attached hydrogen (secondary N) is 1. The fourth-order valence-corrected chi connectivity index (χ4v) is 3.87. The van der Waals surface area contributed by atoms with Gasteiger partial charge in [0.2, 0.25) is 0 Å². The molecule has 0 heterocycles. The Labute approximate surface area is 95.0 Å². The van der Waals surface area contributed by atoms with Gasteiger partial charge in [-0.1, -0.05) is 26.2 Å². The van der Waals surface area contributed by atoms with Gasteiger partial charge in [0.1, 0.15) is 0 Å². The predicted octanol–water partition coefficient (Wildman–Crippen LogP) is 3.59. The van der Waals surface area contributed by atoms with E-state index in [1.54, 1.807) is 25.7 Å². The highest BCUT2D eigenvalue weighted by atomic mass is 14.9. The molecule has 0 saturated heterocycles. The first-order valence-corrected chi connectivity index (χ1v) is 7.03. The minimum atomic E-state index is 0.730. The average Bonchev–Trinajstić information content (AvgIpc) is 2.79. The Bertz CT molecular complexity index is 190. The number of rotatable bonds is 6. The highest BCUT2D eigenvalue weighted by Crippen LogP contribution is 2.49. The predicted molar refractivity (Wildman–Crippen MR) is 65.9 cm³/mol. The molecule has 2 saturated carbocycles. The van der Waals surface area contributed by atoms with E-state index in [0.717, 1.165) is 30.3 Å². The molecule has 0 aromatic carbocycles. The maximum absolute atomic E-state index is 3.50. The molecule has 2 aliphatic carbocycles. The first-order valence-electron chi connectivity index (χ1n) is 7.03. The quantitative estimate of drug-likeness (QED) is 0.705. The Kier molecular flexibility index (Phi) is 4.07. The lowest BCUT2D eigenvalue weighted by atomic mass is 9.85. The van der Waals surface area contributed by atoms with Gasteiger partial charge in [-0.3, -0.25) is 0 Å². The van der Waals surface area contributed by atoms with E-state index < -0.39 is 0 Å². The van der Waals surface area contributed by atoms with Gasteiger partial charge < -0.3 is 5.32 Å². The van der Waals surface area contributed by atoms with Crippen molar-refractivity contribution < 1.29 is 0 Å². The third-order valence-electron chi connectivity index (χ3n) is 4.65. The molecule has 4 unspecified atom stereocenters. The second kappa shape index (κ2) is 5.34. The molecule has 15 heavy (non-hydrogen) atoms. The van der Waals surface area contributed by atoms with Crippen LogP contribution in [0.5, 0.6) is 0 Å². The Morgan fingerprint density at radius 3 is 2.73 bits per heavy atom. The standard InChI is InChI=1S/C14H27N/c1-3-15-11(2)5-4-6-13-9-12-7-8-14(13)10-12/h11-15H,3-10H2,1-2H3. The van der Waals surface area contributed by atoms with Crippen LogP contribution >= 0.6 is 0 Å². The molecule has 0 aromatic heterocycles. The van der Waals surface area contributed by atoms with Crippen LogP contribution in [0.15, 0.2) is 0 Å². The molecule has 0 aliphatic heterocycles. The van der Waals surface area contributed by atoms with Crippen LogP contribution in [0.3, 0.4) is 0 Å². The van der Waals surface area contributed by atoms with Crippen LogP contribution in [0.2, 0.25) is 0 Å². The van der Waals surface area contributed by atoms with E-state index in [0.29, 0.717) is 0 Å². The third kappa shape index (κ3) is 2.96. The summed E-state index contributed by atoms with van der Waals surface area (Å²) in [6.45, 7) is 5.64. The van der Waals surface area contributed by atoms with Gasteiger partial charge in [0.25, 0.3) is 0 Å². The topological polar surface area (TPSA) is 12.0 Å². The minimum absolute atomic E-state index is 0.730. The Morgan fingerprint density at radius 2 is 2.13 bits per heavy atom. The molecule has 2 fully saturated rings. The van der Waals surface area contributed by atoms with Gasteiger partial charge in [-0.05, 0) is 56.9 Å². The van der Waals surface area contributed by atoms with Gasteiger partial charge in [0, 0.05) is 6.04 Å². The van der Waals surface area contributed by atoms with Crippen LogP contribution in [-0.2, 0) is 0 Å². The second-order valence-electron chi connectivity index (χ2n) is 5.82. The van der Waals surface area contributed by atoms with Crippen molar-refractivity contribution in [2.45, 2.75) is 64.8 Å². The van der Waals surface area contributed by atoms with Gasteiger partial charge in [-0.25, -0.2) is 0 Å². The van der Waals surface area contributed by atoms with Crippen molar-refractivity contribution in [2.75, 3.05) is 6.54 Å². The monoisotopic (exact) mass is 209 g/mol. The van der Waals surface area contributed by atoms with Crippen LogP contribution in [-0.4, -0.2) is 12.6 Å². The van der Waals surface area contributed by atoms with E-state index in [4.69, 9.17) is 0 Å². The fourth-order valence-electron chi connectivity index (χ4n) is 3.87. The Balaban J connectivity index is 1.58. The summed E-state index contributed by atoms with van der Waals surface area (Å²) < 4.78 is 0. The lowest BCUT2D eigenvalue weighted by molar-refractivity contribution is 0.301. The minimum Gasteiger partial charge on any atom is -0.315 e. The summed E-state index contributed by atoms with van der Waals surface area (Å²) in [5, 5.41) is 3.50. The van der Waals surface area contributed by atoms with Crippen molar-refractivity contribution in [3.8, 4) is 0 Å². The van der Waals surface area contributed by atoms with Crippen LogP contribution in [0.25, 0.3) is 0 Å². The normalized spacial score (nSPS) is 36.0. The molecular formula is C14H27N. The van der Waals surface area contributed by atoms with E-state index in [9.17, 15) is 0 Å². The van der Waals surface area contributed by atoms with Crippen LogP contribution in [0.1, 0.15) is 58.8 Å². The smallest absolute Gasteiger partial charge is 0.00386 e. The van der Waals surface area contributed by atoms with Gasteiger partial charge in [0.05, 0.1) is 0 Å². The zero-order valence-corrected chi connectivity index (χ0v) is 10.5. The molecule has 1 N–H and O–H groups in total. The van der Waals surface area contributed by atoms with E-state index in [1.165, 1.54) is 19.3 Å². The summed E-state index contributed by atoms with van der Waals surface area (Å²) in [5.74, 6) is 3.37. The molecule has 1 heteroatoms. The maximum atomic E-state index is 3.50. The highest BCUT2D eigenvalue weighted by Gasteiger charge is 2.38. The van der Waals surface area contributed by atoms with Gasteiger partial charge >= 0.3 is 0 Å². The molecule has 0 amide bonds. The van der Waals surface area contributed by atoms with Crippen LogP contribution in [0.4, 0.5) is 0 Å². The van der Waals surface area contributed by atoms with Crippen molar-refractivity contribution in [2.24, 2.45) is 17.8 Å². The summed E-state index contributed by atoms with van der Waals surface area (Å²) in [7, 11) is 0. The molecule has 0 aromatic rings. The molecule has 2 aliphatic rings. The molecule has 88 valence electrons. The fraction of sp³-hybridized carbons (Fsp3) is 1.00. The number of hydrogen-bond donors (Lipinski definition) is 1. The number of hydrogen-bond acceptors (Lipinski definition) is 1. The lowest BCUT2D eigenvalue weighted by Gasteiger charge is -2.22. The molecule has 0 spiro atoms. The number of fused-ring (bicyclic) bond motifs is 2. The largest absolute Gasteiger partial charge is 0.315 e. The molecular weight excluding hydrogens is 182 g/mol. The molecule has 0 radical (unpaired) electrons.